The molecule has 6 rings (SSSR count). The number of rotatable bonds is 12. The molecule has 11 heteroatoms. The molecule has 11 nitrogen and oxygen atoms in total. The van der Waals surface area contributed by atoms with Crippen LogP contribution < -0.4 is 20.1 Å². The van der Waals surface area contributed by atoms with Gasteiger partial charge in [-0.1, -0.05) is 59.6 Å². The van der Waals surface area contributed by atoms with Crippen molar-refractivity contribution in [2.24, 2.45) is 40.4 Å². The van der Waals surface area contributed by atoms with Crippen LogP contribution in [0.4, 0.5) is 5.69 Å². The first-order chi connectivity index (χ1) is 24.6. The highest BCUT2D eigenvalue weighted by atomic mass is 16.7. The number of Topliss-reactive ketones (excluding diaryl/α,β-unsaturated/α-hetero) is 1. The normalized spacial score (nSPS) is 35.7. The second-order valence-corrected chi connectivity index (χ2v) is 16.5. The minimum atomic E-state index is -1.30. The summed E-state index contributed by atoms with van der Waals surface area (Å²) in [6.07, 6.45) is 7.72. The van der Waals surface area contributed by atoms with Gasteiger partial charge in [0.1, 0.15) is 24.1 Å². The number of anilines is 1. The Bertz CT molecular complexity index is 1650. The molecule has 1 heterocycles. The number of hydrogen-bond donors (Lipinski definition) is 3. The lowest BCUT2D eigenvalue weighted by Crippen LogP contribution is -2.63. The standard InChI is InChI=1S/C41H56N2O9/c1-9-10-35-51-34-19-29-28-13-11-25-17-26(44)15-16-39(25,6)36(28)31(45)20-40(29,7)41(34,52-35)33(46)21-50-27-12-14-30(32(18-27)49-8)43-38(48)24(5)42-37(47)23(4)22(2)3/h12,14-18,22-24,28-29,31,34-36,45H,9-11,13,19-21H2,1-8H3,(H,42,47)(H,43,48)/t23?,24-,28-,29?,31-,34+,35?,36?,39-,40-,41+/m0/s1. The summed E-state index contributed by atoms with van der Waals surface area (Å²) in [5.74, 6) is -0.133. The molecule has 3 saturated carbocycles. The Morgan fingerprint density at radius 1 is 1.12 bits per heavy atom. The Balaban J connectivity index is 1.20. The summed E-state index contributed by atoms with van der Waals surface area (Å²) >= 11 is 0. The van der Waals surface area contributed by atoms with Crippen molar-refractivity contribution in [3.8, 4) is 11.5 Å². The van der Waals surface area contributed by atoms with Crippen LogP contribution in [0.15, 0.2) is 42.0 Å². The van der Waals surface area contributed by atoms with Crippen LogP contribution in [0.1, 0.15) is 87.0 Å². The third-order valence-corrected chi connectivity index (χ3v) is 13.2. The first kappa shape index (κ1) is 38.2. The Hall–Kier alpha value is -3.54. The van der Waals surface area contributed by atoms with E-state index in [1.807, 2.05) is 26.8 Å². The van der Waals surface area contributed by atoms with Gasteiger partial charge < -0.3 is 34.7 Å². The lowest BCUT2D eigenvalue weighted by molar-refractivity contribution is -0.200. The fourth-order valence-electron chi connectivity index (χ4n) is 10.1. The molecule has 52 heavy (non-hydrogen) atoms. The van der Waals surface area contributed by atoms with Crippen molar-refractivity contribution in [2.45, 2.75) is 117 Å². The fraction of sp³-hybridized carbons (Fsp3) is 0.659. The van der Waals surface area contributed by atoms with Crippen LogP contribution in [-0.2, 0) is 28.7 Å². The molecule has 4 fully saturated rings. The van der Waals surface area contributed by atoms with Crippen LogP contribution in [0.25, 0.3) is 0 Å². The molecule has 11 atom stereocenters. The molecule has 284 valence electrons. The number of benzene rings is 1. The SMILES string of the molecule is CCCC1O[C@@H]2CC3[C@@H]4CCC5=CC(=O)C=C[C@]5(C)C4[C@@H](O)C[C@]3(C)[C@]2(C(=O)COc2ccc(NC(=O)[C@H](C)NC(=O)C(C)C(C)C)c(OC)c2)O1. The molecule has 1 aromatic rings. The highest BCUT2D eigenvalue weighted by Crippen LogP contribution is 2.69. The molecule has 4 aliphatic carbocycles. The minimum Gasteiger partial charge on any atom is -0.494 e. The maximum absolute atomic E-state index is 14.7. The second-order valence-electron chi connectivity index (χ2n) is 16.5. The van der Waals surface area contributed by atoms with Gasteiger partial charge in [0, 0.05) is 28.7 Å². The molecule has 2 amide bonds. The molecule has 5 aliphatic rings. The average molecular weight is 721 g/mol. The van der Waals surface area contributed by atoms with E-state index in [1.165, 1.54) is 7.11 Å². The highest BCUT2D eigenvalue weighted by Gasteiger charge is 2.75. The van der Waals surface area contributed by atoms with Gasteiger partial charge in [-0.15, -0.1) is 0 Å². The lowest BCUT2D eigenvalue weighted by atomic mass is 9.46. The summed E-state index contributed by atoms with van der Waals surface area (Å²) in [6, 6.07) is 4.13. The van der Waals surface area contributed by atoms with Gasteiger partial charge in [0.05, 0.1) is 25.0 Å². The number of carbonyl (C=O) groups excluding carboxylic acids is 4. The molecule has 1 aliphatic heterocycles. The van der Waals surface area contributed by atoms with E-state index in [4.69, 9.17) is 18.9 Å². The quantitative estimate of drug-likeness (QED) is 0.253. The molecular weight excluding hydrogens is 664 g/mol. The number of carbonyl (C=O) groups is 4. The van der Waals surface area contributed by atoms with Gasteiger partial charge in [-0.2, -0.15) is 0 Å². The topological polar surface area (TPSA) is 149 Å². The van der Waals surface area contributed by atoms with Crippen molar-refractivity contribution < 1.29 is 43.2 Å². The first-order valence-corrected chi connectivity index (χ1v) is 19.0. The summed E-state index contributed by atoms with van der Waals surface area (Å²) in [4.78, 5) is 52.4. The maximum Gasteiger partial charge on any atom is 0.246 e. The molecule has 0 bridgehead atoms. The largest absolute Gasteiger partial charge is 0.494 e. The minimum absolute atomic E-state index is 0.00594. The maximum atomic E-state index is 14.7. The van der Waals surface area contributed by atoms with Crippen LogP contribution in [0.3, 0.4) is 0 Å². The highest BCUT2D eigenvalue weighted by molar-refractivity contribution is 6.01. The van der Waals surface area contributed by atoms with E-state index < -0.39 is 46.9 Å². The zero-order valence-corrected chi connectivity index (χ0v) is 31.8. The van der Waals surface area contributed by atoms with E-state index in [0.717, 1.165) is 24.8 Å². The van der Waals surface area contributed by atoms with Crippen LogP contribution in [-0.4, -0.2) is 72.3 Å². The number of amides is 2. The summed E-state index contributed by atoms with van der Waals surface area (Å²) in [5, 5.41) is 17.6. The van der Waals surface area contributed by atoms with Gasteiger partial charge in [0.2, 0.25) is 17.6 Å². The molecule has 1 saturated heterocycles. The van der Waals surface area contributed by atoms with Crippen molar-refractivity contribution in [2.75, 3.05) is 19.0 Å². The number of nitrogens with one attached hydrogen (secondary N) is 2. The fourth-order valence-corrected chi connectivity index (χ4v) is 10.1. The molecule has 0 aromatic heterocycles. The number of aliphatic hydroxyl groups is 1. The van der Waals surface area contributed by atoms with Gasteiger partial charge in [0.15, 0.2) is 17.7 Å². The molecule has 0 spiro atoms. The number of ether oxygens (including phenoxy) is 4. The van der Waals surface area contributed by atoms with Crippen molar-refractivity contribution >= 4 is 29.1 Å². The van der Waals surface area contributed by atoms with Crippen molar-refractivity contribution in [1.82, 2.24) is 5.32 Å². The second kappa shape index (κ2) is 14.4. The van der Waals surface area contributed by atoms with Gasteiger partial charge in [-0.05, 0) is 81.1 Å². The monoisotopic (exact) mass is 720 g/mol. The van der Waals surface area contributed by atoms with Crippen molar-refractivity contribution in [1.29, 1.82) is 0 Å². The third kappa shape index (κ3) is 6.30. The number of fused-ring (bicyclic) bond motifs is 7. The van der Waals surface area contributed by atoms with Crippen LogP contribution >= 0.6 is 0 Å². The lowest BCUT2D eigenvalue weighted by Gasteiger charge is -2.59. The molecule has 0 radical (unpaired) electrons. The Morgan fingerprint density at radius 3 is 2.56 bits per heavy atom. The number of allylic oxidation sites excluding steroid dienone is 4. The van der Waals surface area contributed by atoms with E-state index in [1.54, 1.807) is 37.3 Å². The Kier molecular flexibility index (Phi) is 10.5. The zero-order chi connectivity index (χ0) is 37.7. The zero-order valence-electron chi connectivity index (χ0n) is 31.8. The summed E-state index contributed by atoms with van der Waals surface area (Å²) in [7, 11) is 1.48. The van der Waals surface area contributed by atoms with Crippen LogP contribution in [0.5, 0.6) is 11.5 Å². The first-order valence-electron chi connectivity index (χ1n) is 19.0. The summed E-state index contributed by atoms with van der Waals surface area (Å²) in [5.41, 5.74) is -0.964. The van der Waals surface area contributed by atoms with Crippen LogP contribution in [0, 0.1) is 40.4 Å². The molecule has 3 N–H and O–H groups in total. The molecule has 4 unspecified atom stereocenters. The third-order valence-electron chi connectivity index (χ3n) is 13.2. The smallest absolute Gasteiger partial charge is 0.246 e. The number of hydrogen-bond acceptors (Lipinski definition) is 9. The van der Waals surface area contributed by atoms with Crippen LogP contribution in [0.2, 0.25) is 0 Å². The van der Waals surface area contributed by atoms with E-state index in [0.29, 0.717) is 36.4 Å². The van der Waals surface area contributed by atoms with Gasteiger partial charge in [-0.3, -0.25) is 19.2 Å². The van der Waals surface area contributed by atoms with E-state index in [9.17, 15) is 24.3 Å². The van der Waals surface area contributed by atoms with E-state index in [2.05, 4.69) is 31.4 Å². The average Bonchev–Trinajstić information content (AvgIpc) is 3.58. The van der Waals surface area contributed by atoms with E-state index >= 15 is 0 Å². The van der Waals surface area contributed by atoms with Gasteiger partial charge >= 0.3 is 0 Å². The van der Waals surface area contributed by atoms with Gasteiger partial charge in [-0.25, -0.2) is 0 Å². The Morgan fingerprint density at radius 2 is 1.87 bits per heavy atom. The number of aliphatic hydroxyl groups excluding tert-OH is 1. The summed E-state index contributed by atoms with van der Waals surface area (Å²) in [6.45, 7) is 13.4. The number of ketones is 2. The van der Waals surface area contributed by atoms with Crippen molar-refractivity contribution in [3.63, 3.8) is 0 Å². The number of methoxy groups -OCH3 is 1. The molecular formula is C41H56N2O9. The van der Waals surface area contributed by atoms with Crippen molar-refractivity contribution in [3.05, 3.63) is 42.0 Å². The van der Waals surface area contributed by atoms with Gasteiger partial charge in [0.25, 0.3) is 0 Å². The summed E-state index contributed by atoms with van der Waals surface area (Å²) < 4.78 is 25.0. The molecule has 1 aromatic carbocycles. The Labute approximate surface area is 307 Å². The van der Waals surface area contributed by atoms with E-state index in [-0.39, 0.29) is 53.7 Å². The predicted molar refractivity (Wildman–Crippen MR) is 195 cm³/mol. The predicted octanol–water partition coefficient (Wildman–Crippen LogP) is 5.55.